The first-order valence-corrected chi connectivity index (χ1v) is 7.44. The number of hydrogen-bond donors (Lipinski definition) is 0. The summed E-state index contributed by atoms with van der Waals surface area (Å²) < 4.78 is 0. The molecule has 2 aromatic carbocycles. The Morgan fingerprint density at radius 2 is 1.59 bits per heavy atom. The SMILES string of the molecule is Cc1cccc(N=C2c3ccccc3-c3cc(C)ncc32)c1. The zero-order chi connectivity index (χ0) is 15.1. The molecule has 1 aliphatic carbocycles. The molecule has 0 amide bonds. The summed E-state index contributed by atoms with van der Waals surface area (Å²) in [7, 11) is 0. The van der Waals surface area contributed by atoms with E-state index < -0.39 is 0 Å². The van der Waals surface area contributed by atoms with E-state index in [1.165, 1.54) is 22.3 Å². The lowest BCUT2D eigenvalue weighted by Gasteiger charge is -2.03. The van der Waals surface area contributed by atoms with Crippen molar-refractivity contribution < 1.29 is 0 Å². The zero-order valence-corrected chi connectivity index (χ0v) is 12.7. The average Bonchev–Trinajstić information content (AvgIpc) is 2.81. The van der Waals surface area contributed by atoms with Crippen LogP contribution >= 0.6 is 0 Å². The number of hydrogen-bond acceptors (Lipinski definition) is 2. The summed E-state index contributed by atoms with van der Waals surface area (Å²) in [6.45, 7) is 4.11. The van der Waals surface area contributed by atoms with Gasteiger partial charge in [-0.25, -0.2) is 4.99 Å². The van der Waals surface area contributed by atoms with Gasteiger partial charge in [-0.1, -0.05) is 36.4 Å². The predicted octanol–water partition coefficient (Wildman–Crippen LogP) is 4.85. The Labute approximate surface area is 130 Å². The molecule has 3 aromatic rings. The van der Waals surface area contributed by atoms with Gasteiger partial charge in [0.1, 0.15) is 0 Å². The molecule has 0 spiro atoms. The van der Waals surface area contributed by atoms with Crippen LogP contribution in [0.3, 0.4) is 0 Å². The van der Waals surface area contributed by atoms with Gasteiger partial charge in [0.2, 0.25) is 0 Å². The highest BCUT2D eigenvalue weighted by atomic mass is 14.8. The summed E-state index contributed by atoms with van der Waals surface area (Å²) in [5, 5.41) is 0. The first kappa shape index (κ1) is 13.0. The number of nitrogens with zero attached hydrogens (tertiary/aromatic N) is 2. The van der Waals surface area contributed by atoms with Gasteiger partial charge in [0.25, 0.3) is 0 Å². The lowest BCUT2D eigenvalue weighted by Crippen LogP contribution is -1.98. The van der Waals surface area contributed by atoms with Crippen molar-refractivity contribution in [2.75, 3.05) is 0 Å². The molecular weight excluding hydrogens is 268 g/mol. The van der Waals surface area contributed by atoms with Gasteiger partial charge in [0.05, 0.1) is 11.4 Å². The van der Waals surface area contributed by atoms with Gasteiger partial charge in [-0.05, 0) is 48.7 Å². The molecule has 0 fully saturated rings. The van der Waals surface area contributed by atoms with Gasteiger partial charge in [0, 0.05) is 23.0 Å². The van der Waals surface area contributed by atoms with E-state index in [9.17, 15) is 0 Å². The molecule has 0 atom stereocenters. The molecule has 0 saturated carbocycles. The fourth-order valence-corrected chi connectivity index (χ4v) is 2.99. The summed E-state index contributed by atoms with van der Waals surface area (Å²) in [6, 6.07) is 18.9. The highest BCUT2D eigenvalue weighted by Gasteiger charge is 2.24. The monoisotopic (exact) mass is 284 g/mol. The van der Waals surface area contributed by atoms with Crippen LogP contribution in [0.1, 0.15) is 22.4 Å². The molecule has 0 aliphatic heterocycles. The number of aromatic nitrogens is 1. The Morgan fingerprint density at radius 1 is 0.773 bits per heavy atom. The molecule has 1 aliphatic rings. The maximum absolute atomic E-state index is 4.91. The van der Waals surface area contributed by atoms with Crippen molar-refractivity contribution in [3.8, 4) is 11.1 Å². The van der Waals surface area contributed by atoms with Crippen molar-refractivity contribution in [3.05, 3.63) is 83.2 Å². The Kier molecular flexibility index (Phi) is 2.90. The molecule has 1 heterocycles. The molecule has 0 saturated heterocycles. The zero-order valence-electron chi connectivity index (χ0n) is 12.7. The second-order valence-corrected chi connectivity index (χ2v) is 5.72. The minimum absolute atomic E-state index is 0.984. The summed E-state index contributed by atoms with van der Waals surface area (Å²) >= 11 is 0. The van der Waals surface area contributed by atoms with E-state index >= 15 is 0 Å². The molecule has 106 valence electrons. The largest absolute Gasteiger partial charge is 0.261 e. The smallest absolute Gasteiger partial charge is 0.0809 e. The topological polar surface area (TPSA) is 25.2 Å². The molecule has 0 bridgehead atoms. The van der Waals surface area contributed by atoms with Crippen LogP contribution in [0.15, 0.2) is 65.8 Å². The maximum atomic E-state index is 4.91. The van der Waals surface area contributed by atoms with E-state index in [1.807, 2.05) is 25.3 Å². The van der Waals surface area contributed by atoms with E-state index in [-0.39, 0.29) is 0 Å². The third-order valence-corrected chi connectivity index (χ3v) is 4.01. The average molecular weight is 284 g/mol. The molecular formula is C20H16N2. The van der Waals surface area contributed by atoms with Crippen LogP contribution in [-0.2, 0) is 0 Å². The van der Waals surface area contributed by atoms with Crippen molar-refractivity contribution >= 4 is 11.4 Å². The van der Waals surface area contributed by atoms with Gasteiger partial charge in [-0.3, -0.25) is 4.98 Å². The van der Waals surface area contributed by atoms with Gasteiger partial charge in [-0.15, -0.1) is 0 Å². The lowest BCUT2D eigenvalue weighted by atomic mass is 10.1. The number of rotatable bonds is 1. The lowest BCUT2D eigenvalue weighted by molar-refractivity contribution is 1.20. The van der Waals surface area contributed by atoms with Crippen LogP contribution in [0.5, 0.6) is 0 Å². The fourth-order valence-electron chi connectivity index (χ4n) is 2.99. The number of pyridine rings is 1. The van der Waals surface area contributed by atoms with Crippen LogP contribution in [0.25, 0.3) is 11.1 Å². The number of fused-ring (bicyclic) bond motifs is 3. The first-order valence-electron chi connectivity index (χ1n) is 7.44. The molecule has 0 radical (unpaired) electrons. The van der Waals surface area contributed by atoms with E-state index in [0.717, 1.165) is 22.7 Å². The Bertz CT molecular complexity index is 907. The van der Waals surface area contributed by atoms with E-state index in [0.29, 0.717) is 0 Å². The highest BCUT2D eigenvalue weighted by molar-refractivity contribution is 6.25. The van der Waals surface area contributed by atoms with Crippen LogP contribution in [-0.4, -0.2) is 10.7 Å². The van der Waals surface area contributed by atoms with Crippen molar-refractivity contribution in [1.82, 2.24) is 4.98 Å². The Balaban J connectivity index is 1.97. The van der Waals surface area contributed by atoms with E-state index in [2.05, 4.69) is 54.4 Å². The summed E-state index contributed by atoms with van der Waals surface area (Å²) in [6.07, 6.45) is 1.94. The highest BCUT2D eigenvalue weighted by Crippen LogP contribution is 2.37. The molecule has 0 N–H and O–H groups in total. The van der Waals surface area contributed by atoms with Crippen molar-refractivity contribution in [3.63, 3.8) is 0 Å². The van der Waals surface area contributed by atoms with Crippen molar-refractivity contribution in [1.29, 1.82) is 0 Å². The number of aliphatic imine (C=N–C) groups is 1. The first-order chi connectivity index (χ1) is 10.7. The van der Waals surface area contributed by atoms with Gasteiger partial charge < -0.3 is 0 Å². The standard InChI is InChI=1S/C20H16N2/c1-13-6-5-7-15(10-13)22-20-17-9-4-3-8-16(17)18-11-14(2)21-12-19(18)20/h3-12H,1-2H3. The third kappa shape index (κ3) is 2.04. The summed E-state index contributed by atoms with van der Waals surface area (Å²) in [5.41, 5.74) is 9.03. The molecule has 0 unspecified atom stereocenters. The molecule has 1 aromatic heterocycles. The Morgan fingerprint density at radius 3 is 2.41 bits per heavy atom. The van der Waals surface area contributed by atoms with Crippen LogP contribution in [0.2, 0.25) is 0 Å². The van der Waals surface area contributed by atoms with Gasteiger partial charge in [-0.2, -0.15) is 0 Å². The van der Waals surface area contributed by atoms with Crippen LogP contribution < -0.4 is 0 Å². The van der Waals surface area contributed by atoms with Gasteiger partial charge >= 0.3 is 0 Å². The normalized spacial score (nSPS) is 14.0. The van der Waals surface area contributed by atoms with Crippen molar-refractivity contribution in [2.45, 2.75) is 13.8 Å². The quantitative estimate of drug-likeness (QED) is 0.490. The van der Waals surface area contributed by atoms with Crippen molar-refractivity contribution in [2.24, 2.45) is 4.99 Å². The number of aryl methyl sites for hydroxylation is 2. The second kappa shape index (κ2) is 4.92. The summed E-state index contributed by atoms with van der Waals surface area (Å²) in [4.78, 5) is 9.37. The van der Waals surface area contributed by atoms with Gasteiger partial charge in [0.15, 0.2) is 0 Å². The van der Waals surface area contributed by atoms with E-state index in [1.54, 1.807) is 0 Å². The number of benzene rings is 2. The molecule has 2 nitrogen and oxygen atoms in total. The maximum Gasteiger partial charge on any atom is 0.0809 e. The van der Waals surface area contributed by atoms with Crippen LogP contribution in [0.4, 0.5) is 5.69 Å². The predicted molar refractivity (Wildman–Crippen MR) is 90.9 cm³/mol. The molecule has 22 heavy (non-hydrogen) atoms. The molecule has 2 heteroatoms. The Hall–Kier alpha value is -2.74. The second-order valence-electron chi connectivity index (χ2n) is 5.72. The van der Waals surface area contributed by atoms with Crippen LogP contribution in [0, 0.1) is 13.8 Å². The third-order valence-electron chi connectivity index (χ3n) is 4.01. The fraction of sp³-hybridized carbons (Fsp3) is 0.100. The minimum Gasteiger partial charge on any atom is -0.261 e. The minimum atomic E-state index is 0.984. The molecule has 4 rings (SSSR count). The summed E-state index contributed by atoms with van der Waals surface area (Å²) in [5.74, 6) is 0. The van der Waals surface area contributed by atoms with E-state index in [4.69, 9.17) is 4.99 Å².